The van der Waals surface area contributed by atoms with E-state index in [0.29, 0.717) is 17.5 Å². The van der Waals surface area contributed by atoms with Gasteiger partial charge in [0.25, 0.3) is 0 Å². The number of anilines is 1. The van der Waals surface area contributed by atoms with Gasteiger partial charge in [0.1, 0.15) is 0 Å². The topological polar surface area (TPSA) is 59.1 Å². The van der Waals surface area contributed by atoms with E-state index in [9.17, 15) is 8.42 Å². The minimum absolute atomic E-state index is 0.104. The van der Waals surface area contributed by atoms with E-state index in [1.54, 1.807) is 6.20 Å². The first-order chi connectivity index (χ1) is 8.96. The number of rotatable bonds is 2. The standard InChI is InChI=1S/C13H17BrN2O2S/c14-10-5-12(7-15-6-10)16-11-1-3-13(4-2-11)8-19(17,18)9-13/h5-7,11,16H,1-4,8-9H2. The van der Waals surface area contributed by atoms with Crippen LogP contribution in [0.3, 0.4) is 0 Å². The van der Waals surface area contributed by atoms with Gasteiger partial charge in [-0.3, -0.25) is 4.98 Å². The third kappa shape index (κ3) is 2.94. The van der Waals surface area contributed by atoms with Crippen LogP contribution in [0, 0.1) is 5.41 Å². The van der Waals surface area contributed by atoms with Crippen LogP contribution in [0.4, 0.5) is 5.69 Å². The van der Waals surface area contributed by atoms with Gasteiger partial charge < -0.3 is 5.32 Å². The Morgan fingerprint density at radius 1 is 1.26 bits per heavy atom. The Labute approximate surface area is 122 Å². The van der Waals surface area contributed by atoms with E-state index in [0.717, 1.165) is 35.8 Å². The lowest BCUT2D eigenvalue weighted by Crippen LogP contribution is -2.51. The van der Waals surface area contributed by atoms with Gasteiger partial charge in [0.15, 0.2) is 9.84 Å². The molecule has 0 radical (unpaired) electrons. The third-order valence-electron chi connectivity index (χ3n) is 4.17. The Morgan fingerprint density at radius 3 is 2.53 bits per heavy atom. The largest absolute Gasteiger partial charge is 0.381 e. The molecular formula is C13H17BrN2O2S. The van der Waals surface area contributed by atoms with Crippen molar-refractivity contribution in [1.29, 1.82) is 0 Å². The van der Waals surface area contributed by atoms with Gasteiger partial charge >= 0.3 is 0 Å². The lowest BCUT2D eigenvalue weighted by Gasteiger charge is -2.46. The summed E-state index contributed by atoms with van der Waals surface area (Å²) in [6, 6.07) is 2.45. The van der Waals surface area contributed by atoms with Gasteiger partial charge in [-0.15, -0.1) is 0 Å². The third-order valence-corrected chi connectivity index (χ3v) is 6.71. The van der Waals surface area contributed by atoms with Gasteiger partial charge in [0.05, 0.1) is 23.4 Å². The zero-order chi connectivity index (χ0) is 13.5. The summed E-state index contributed by atoms with van der Waals surface area (Å²) in [5, 5.41) is 3.49. The van der Waals surface area contributed by atoms with Gasteiger partial charge in [0.2, 0.25) is 0 Å². The normalized spacial score (nSPS) is 24.9. The second kappa shape index (κ2) is 4.74. The summed E-state index contributed by atoms with van der Waals surface area (Å²) in [6.45, 7) is 0. The van der Waals surface area contributed by atoms with Crippen LogP contribution in [-0.4, -0.2) is 30.9 Å². The molecule has 0 bridgehead atoms. The molecule has 1 spiro atoms. The molecule has 4 nitrogen and oxygen atoms in total. The molecule has 1 aromatic rings. The quantitative estimate of drug-likeness (QED) is 0.895. The maximum absolute atomic E-state index is 11.3. The number of nitrogens with zero attached hydrogens (tertiary/aromatic N) is 1. The van der Waals surface area contributed by atoms with Crippen molar-refractivity contribution in [2.75, 3.05) is 16.8 Å². The van der Waals surface area contributed by atoms with E-state index >= 15 is 0 Å². The van der Waals surface area contributed by atoms with E-state index in [1.807, 2.05) is 12.3 Å². The fourth-order valence-electron chi connectivity index (χ4n) is 3.28. The van der Waals surface area contributed by atoms with Gasteiger partial charge in [-0.1, -0.05) is 0 Å². The highest BCUT2D eigenvalue weighted by molar-refractivity contribution is 9.10. The minimum atomic E-state index is -2.71. The monoisotopic (exact) mass is 344 g/mol. The fourth-order valence-corrected chi connectivity index (χ4v) is 6.00. The van der Waals surface area contributed by atoms with Crippen molar-refractivity contribution >= 4 is 31.5 Å². The van der Waals surface area contributed by atoms with Gasteiger partial charge in [-0.25, -0.2) is 8.42 Å². The summed E-state index contributed by atoms with van der Waals surface area (Å²) in [6.07, 6.45) is 7.71. The molecule has 0 amide bonds. The fraction of sp³-hybridized carbons (Fsp3) is 0.615. The van der Waals surface area contributed by atoms with Gasteiger partial charge in [0, 0.05) is 16.7 Å². The summed E-state index contributed by atoms with van der Waals surface area (Å²) in [7, 11) is -2.71. The van der Waals surface area contributed by atoms with Crippen molar-refractivity contribution in [3.05, 3.63) is 22.9 Å². The summed E-state index contributed by atoms with van der Waals surface area (Å²) < 4.78 is 23.6. The highest BCUT2D eigenvalue weighted by Crippen LogP contribution is 2.45. The number of pyridine rings is 1. The number of hydrogen-bond acceptors (Lipinski definition) is 4. The lowest BCUT2D eigenvalue weighted by atomic mass is 9.74. The molecule has 2 aliphatic rings. The highest BCUT2D eigenvalue weighted by Gasteiger charge is 2.49. The molecule has 1 saturated heterocycles. The molecule has 1 aromatic heterocycles. The molecule has 1 N–H and O–H groups in total. The molecule has 0 aromatic carbocycles. The minimum Gasteiger partial charge on any atom is -0.381 e. The predicted molar refractivity (Wildman–Crippen MR) is 78.9 cm³/mol. The second-order valence-electron chi connectivity index (χ2n) is 5.84. The van der Waals surface area contributed by atoms with Crippen LogP contribution in [0.25, 0.3) is 0 Å². The maximum Gasteiger partial charge on any atom is 0.151 e. The maximum atomic E-state index is 11.3. The molecule has 104 valence electrons. The summed E-state index contributed by atoms with van der Waals surface area (Å²) in [4.78, 5) is 4.14. The SMILES string of the molecule is O=S1(=O)CC2(CCC(Nc3cncc(Br)c3)CC2)C1. The van der Waals surface area contributed by atoms with E-state index < -0.39 is 9.84 Å². The zero-order valence-electron chi connectivity index (χ0n) is 10.6. The van der Waals surface area contributed by atoms with Crippen LogP contribution in [0.15, 0.2) is 22.9 Å². The van der Waals surface area contributed by atoms with Crippen molar-refractivity contribution < 1.29 is 8.42 Å². The molecule has 0 unspecified atom stereocenters. The van der Waals surface area contributed by atoms with E-state index in [1.165, 1.54) is 0 Å². The van der Waals surface area contributed by atoms with Crippen molar-refractivity contribution in [2.45, 2.75) is 31.7 Å². The number of aromatic nitrogens is 1. The second-order valence-corrected chi connectivity index (χ2v) is 8.82. The van der Waals surface area contributed by atoms with Crippen LogP contribution in [0.5, 0.6) is 0 Å². The van der Waals surface area contributed by atoms with Crippen LogP contribution < -0.4 is 5.32 Å². The Morgan fingerprint density at radius 2 is 1.95 bits per heavy atom. The average molecular weight is 345 g/mol. The Hall–Kier alpha value is -0.620. The summed E-state index contributed by atoms with van der Waals surface area (Å²) in [5.74, 6) is 0.816. The highest BCUT2D eigenvalue weighted by atomic mass is 79.9. The van der Waals surface area contributed by atoms with E-state index in [2.05, 4.69) is 26.2 Å². The first kappa shape index (κ1) is 13.4. The first-order valence-electron chi connectivity index (χ1n) is 6.54. The molecule has 3 rings (SSSR count). The molecule has 2 fully saturated rings. The molecule has 6 heteroatoms. The van der Waals surface area contributed by atoms with E-state index in [4.69, 9.17) is 0 Å². The summed E-state index contributed by atoms with van der Waals surface area (Å²) in [5.41, 5.74) is 1.13. The van der Waals surface area contributed by atoms with Crippen LogP contribution in [0.1, 0.15) is 25.7 Å². The number of sulfone groups is 1. The number of hydrogen-bond donors (Lipinski definition) is 1. The Kier molecular flexibility index (Phi) is 3.33. The summed E-state index contributed by atoms with van der Waals surface area (Å²) >= 11 is 3.41. The molecule has 0 atom stereocenters. The first-order valence-corrected chi connectivity index (χ1v) is 9.15. The smallest absolute Gasteiger partial charge is 0.151 e. The Balaban J connectivity index is 1.56. The lowest BCUT2D eigenvalue weighted by molar-refractivity contribution is 0.216. The van der Waals surface area contributed by atoms with Crippen molar-refractivity contribution in [3.63, 3.8) is 0 Å². The van der Waals surface area contributed by atoms with Crippen LogP contribution in [0.2, 0.25) is 0 Å². The van der Waals surface area contributed by atoms with Crippen molar-refractivity contribution in [2.24, 2.45) is 5.41 Å². The van der Waals surface area contributed by atoms with E-state index in [-0.39, 0.29) is 5.41 Å². The molecular weight excluding hydrogens is 328 g/mol. The molecule has 1 aliphatic heterocycles. The van der Waals surface area contributed by atoms with Gasteiger partial charge in [-0.05, 0) is 53.1 Å². The Bertz CT molecular complexity index is 566. The van der Waals surface area contributed by atoms with Crippen LogP contribution >= 0.6 is 15.9 Å². The predicted octanol–water partition coefficient (Wildman–Crippen LogP) is 2.61. The van der Waals surface area contributed by atoms with Gasteiger partial charge in [-0.2, -0.15) is 0 Å². The molecule has 19 heavy (non-hydrogen) atoms. The van der Waals surface area contributed by atoms with Crippen molar-refractivity contribution in [1.82, 2.24) is 4.98 Å². The zero-order valence-corrected chi connectivity index (χ0v) is 13.0. The average Bonchev–Trinajstić information content (AvgIpc) is 2.30. The van der Waals surface area contributed by atoms with Crippen LogP contribution in [-0.2, 0) is 9.84 Å². The molecule has 1 saturated carbocycles. The molecule has 2 heterocycles. The number of halogens is 1. The number of nitrogens with one attached hydrogen (secondary N) is 1. The molecule has 1 aliphatic carbocycles. The van der Waals surface area contributed by atoms with Crippen molar-refractivity contribution in [3.8, 4) is 0 Å².